The molecule has 0 bridgehead atoms. The lowest BCUT2D eigenvalue weighted by Crippen LogP contribution is -1.94. The first-order valence-corrected chi connectivity index (χ1v) is 14.1. The van der Waals surface area contributed by atoms with Crippen LogP contribution in [0.4, 0.5) is 0 Å². The van der Waals surface area contributed by atoms with Crippen molar-refractivity contribution in [2.45, 2.75) is 0 Å². The van der Waals surface area contributed by atoms with Gasteiger partial charge in [-0.05, 0) is 84.5 Å². The molecule has 4 nitrogen and oxygen atoms in total. The molecule has 0 spiro atoms. The van der Waals surface area contributed by atoms with E-state index in [1.165, 1.54) is 39.1 Å². The molecular weight excluding hydrogens is 516 g/mol. The first-order chi connectivity index (χ1) is 20.8. The van der Waals surface area contributed by atoms with E-state index in [0.29, 0.717) is 5.89 Å². The third-order valence-electron chi connectivity index (χ3n) is 8.79. The maximum atomic E-state index is 6.57. The summed E-state index contributed by atoms with van der Waals surface area (Å²) in [4.78, 5) is 9.78. The Bertz CT molecular complexity index is 2540. The second-order valence-corrected chi connectivity index (χ2v) is 11.0. The number of fused-ring (bicyclic) bond motifs is 8. The highest BCUT2D eigenvalue weighted by Crippen LogP contribution is 2.58. The Morgan fingerprint density at radius 3 is 2.05 bits per heavy atom. The van der Waals surface area contributed by atoms with Gasteiger partial charge in [0.2, 0.25) is 5.89 Å². The zero-order valence-corrected chi connectivity index (χ0v) is 22.3. The van der Waals surface area contributed by atoms with Gasteiger partial charge < -0.3 is 8.83 Å². The molecule has 1 aliphatic carbocycles. The number of benzene rings is 7. The topological polar surface area (TPSA) is 52.1 Å². The summed E-state index contributed by atoms with van der Waals surface area (Å²) < 4.78 is 12.2. The molecule has 0 unspecified atom stereocenters. The van der Waals surface area contributed by atoms with Gasteiger partial charge in [0.25, 0.3) is 0 Å². The molecule has 0 amide bonds. The van der Waals surface area contributed by atoms with Crippen LogP contribution in [0.2, 0.25) is 0 Å². The van der Waals surface area contributed by atoms with Crippen LogP contribution in [0.5, 0.6) is 0 Å². The first kappa shape index (κ1) is 22.0. The lowest BCUT2D eigenvalue weighted by molar-refractivity contribution is 0.558. The fraction of sp³-hybridized carbons (Fsp3) is 0. The molecule has 194 valence electrons. The molecule has 10 rings (SSSR count). The van der Waals surface area contributed by atoms with Gasteiger partial charge in [-0.25, -0.2) is 9.97 Å². The van der Waals surface area contributed by atoms with Crippen LogP contribution in [0.25, 0.3) is 99.2 Å². The van der Waals surface area contributed by atoms with E-state index >= 15 is 0 Å². The third kappa shape index (κ3) is 2.80. The fourth-order valence-corrected chi connectivity index (χ4v) is 7.08. The van der Waals surface area contributed by atoms with Crippen molar-refractivity contribution in [3.05, 3.63) is 122 Å². The predicted octanol–water partition coefficient (Wildman–Crippen LogP) is 10.4. The third-order valence-corrected chi connectivity index (χ3v) is 8.79. The smallest absolute Gasteiger partial charge is 0.228 e. The number of rotatable bonds is 2. The molecule has 0 aliphatic heterocycles. The van der Waals surface area contributed by atoms with Gasteiger partial charge in [0, 0.05) is 16.7 Å². The Balaban J connectivity index is 1.50. The first-order valence-electron chi connectivity index (χ1n) is 14.1. The van der Waals surface area contributed by atoms with Crippen molar-refractivity contribution >= 4 is 54.2 Å². The SMILES string of the molecule is c1ccc2cc3c(-c4nc5ccccc5o4)c4c(c(-c5cocn5)c3cc2c1)-c1cccc2c1c-4cc1ccccc12. The molecule has 4 heteroatoms. The van der Waals surface area contributed by atoms with Crippen LogP contribution >= 0.6 is 0 Å². The fourth-order valence-electron chi connectivity index (χ4n) is 7.08. The van der Waals surface area contributed by atoms with Crippen molar-refractivity contribution in [2.24, 2.45) is 0 Å². The molecule has 0 fully saturated rings. The lowest BCUT2D eigenvalue weighted by Gasteiger charge is -2.18. The Hall–Kier alpha value is -5.74. The molecule has 2 heterocycles. The number of nitrogens with zero attached hydrogens (tertiary/aromatic N) is 2. The van der Waals surface area contributed by atoms with Crippen LogP contribution in [0, 0.1) is 0 Å². The van der Waals surface area contributed by atoms with Gasteiger partial charge in [-0.1, -0.05) is 78.9 Å². The minimum absolute atomic E-state index is 0.619. The minimum Gasteiger partial charge on any atom is -0.451 e. The Morgan fingerprint density at radius 1 is 0.524 bits per heavy atom. The summed E-state index contributed by atoms with van der Waals surface area (Å²) in [6, 6.07) is 38.6. The molecule has 0 saturated carbocycles. The molecule has 9 aromatic rings. The van der Waals surface area contributed by atoms with E-state index in [1.54, 1.807) is 6.26 Å². The summed E-state index contributed by atoms with van der Waals surface area (Å²) in [7, 11) is 0. The molecule has 0 atom stereocenters. The summed E-state index contributed by atoms with van der Waals surface area (Å²) in [6.45, 7) is 0. The average Bonchev–Trinajstić information content (AvgIpc) is 3.79. The Morgan fingerprint density at radius 2 is 1.24 bits per heavy atom. The van der Waals surface area contributed by atoms with Gasteiger partial charge in [-0.15, -0.1) is 0 Å². The van der Waals surface area contributed by atoms with E-state index in [4.69, 9.17) is 18.8 Å². The van der Waals surface area contributed by atoms with Gasteiger partial charge >= 0.3 is 0 Å². The summed E-state index contributed by atoms with van der Waals surface area (Å²) >= 11 is 0. The zero-order chi connectivity index (χ0) is 27.4. The molecule has 2 aromatic heterocycles. The van der Waals surface area contributed by atoms with E-state index in [1.807, 2.05) is 24.3 Å². The number of aromatic nitrogens is 2. The van der Waals surface area contributed by atoms with Gasteiger partial charge in [0.1, 0.15) is 17.5 Å². The van der Waals surface area contributed by atoms with Crippen LogP contribution in [0.3, 0.4) is 0 Å². The maximum absolute atomic E-state index is 6.57. The van der Waals surface area contributed by atoms with Crippen molar-refractivity contribution in [3.63, 3.8) is 0 Å². The molecule has 0 radical (unpaired) electrons. The van der Waals surface area contributed by atoms with E-state index in [2.05, 4.69) is 84.9 Å². The van der Waals surface area contributed by atoms with Gasteiger partial charge in [-0.3, -0.25) is 0 Å². The highest BCUT2D eigenvalue weighted by molar-refractivity contribution is 6.31. The number of oxazole rings is 2. The van der Waals surface area contributed by atoms with Crippen LogP contribution < -0.4 is 0 Å². The highest BCUT2D eigenvalue weighted by atomic mass is 16.3. The van der Waals surface area contributed by atoms with E-state index in [0.717, 1.165) is 60.6 Å². The van der Waals surface area contributed by atoms with E-state index < -0.39 is 0 Å². The van der Waals surface area contributed by atoms with Crippen molar-refractivity contribution in [1.29, 1.82) is 0 Å². The quantitative estimate of drug-likeness (QED) is 0.163. The second kappa shape index (κ2) is 7.93. The zero-order valence-electron chi connectivity index (χ0n) is 22.3. The van der Waals surface area contributed by atoms with Crippen molar-refractivity contribution in [1.82, 2.24) is 9.97 Å². The van der Waals surface area contributed by atoms with Crippen molar-refractivity contribution in [2.75, 3.05) is 0 Å². The van der Waals surface area contributed by atoms with E-state index in [-0.39, 0.29) is 0 Å². The van der Waals surface area contributed by atoms with Crippen molar-refractivity contribution in [3.8, 4) is 45.0 Å². The van der Waals surface area contributed by atoms with Crippen LogP contribution in [0.15, 0.2) is 131 Å². The van der Waals surface area contributed by atoms with Crippen molar-refractivity contribution < 1.29 is 8.83 Å². The maximum Gasteiger partial charge on any atom is 0.228 e. The average molecular weight is 537 g/mol. The second-order valence-electron chi connectivity index (χ2n) is 11.0. The van der Waals surface area contributed by atoms with Crippen LogP contribution in [-0.4, -0.2) is 9.97 Å². The monoisotopic (exact) mass is 536 g/mol. The van der Waals surface area contributed by atoms with Gasteiger partial charge in [0.15, 0.2) is 12.0 Å². The predicted molar refractivity (Wildman–Crippen MR) is 169 cm³/mol. The van der Waals surface area contributed by atoms with E-state index in [9.17, 15) is 0 Å². The highest BCUT2D eigenvalue weighted by Gasteiger charge is 2.33. The largest absolute Gasteiger partial charge is 0.451 e. The normalized spacial score (nSPS) is 12.3. The minimum atomic E-state index is 0.619. The van der Waals surface area contributed by atoms with Gasteiger partial charge in [0.05, 0.1) is 5.56 Å². The molecular formula is C38H20N2O2. The summed E-state index contributed by atoms with van der Waals surface area (Å²) in [5, 5.41) is 9.42. The summed E-state index contributed by atoms with van der Waals surface area (Å²) in [5.41, 5.74) is 9.13. The standard InChI is InChI=1S/C38H20N2O2/c1-2-9-22-17-28-27(16-21(22)8-1)34(31-19-41-20-39-31)35-26-13-7-12-25-24-11-4-3-10-23(24)18-29(33(25)26)36(35)37(28)38-40-30-14-5-6-15-32(30)42-38/h1-20H. The summed E-state index contributed by atoms with van der Waals surface area (Å²) in [5.74, 6) is 0.619. The Kier molecular flexibility index (Phi) is 4.15. The molecule has 7 aromatic carbocycles. The number of hydrogen-bond donors (Lipinski definition) is 0. The summed E-state index contributed by atoms with van der Waals surface area (Å²) in [6.07, 6.45) is 3.27. The van der Waals surface area contributed by atoms with Crippen LogP contribution in [0.1, 0.15) is 0 Å². The van der Waals surface area contributed by atoms with Gasteiger partial charge in [-0.2, -0.15) is 0 Å². The lowest BCUT2D eigenvalue weighted by atomic mass is 9.85. The molecule has 1 aliphatic rings. The number of hydrogen-bond acceptors (Lipinski definition) is 4. The Labute approximate surface area is 239 Å². The molecule has 0 N–H and O–H groups in total. The molecule has 42 heavy (non-hydrogen) atoms. The molecule has 0 saturated heterocycles. The van der Waals surface area contributed by atoms with Crippen LogP contribution in [-0.2, 0) is 0 Å². The number of para-hydroxylation sites is 2.